The maximum Gasteiger partial charge on any atom is 0.371 e. The Kier molecular flexibility index (Phi) is 8.00. The Labute approximate surface area is 113 Å². The first-order chi connectivity index (χ1) is 8.56. The van der Waals surface area contributed by atoms with E-state index < -0.39 is 20.3 Å². The molecule has 9 heteroatoms. The minimum atomic E-state index is -5.14. The molecule has 2 unspecified atom stereocenters. The van der Waals surface area contributed by atoms with Crippen LogP contribution < -0.4 is 0 Å². The van der Waals surface area contributed by atoms with Gasteiger partial charge in [0, 0.05) is 0 Å². The van der Waals surface area contributed by atoms with E-state index in [1.54, 1.807) is 0 Å². The topological polar surface area (TPSA) is 124 Å². The van der Waals surface area contributed by atoms with Gasteiger partial charge < -0.3 is 24.3 Å². The number of hydrogen-bond acceptors (Lipinski definition) is 4. The molecule has 0 amide bonds. The van der Waals surface area contributed by atoms with Gasteiger partial charge in [-0.1, -0.05) is 39.0 Å². The van der Waals surface area contributed by atoms with Crippen molar-refractivity contribution in [3.8, 4) is 0 Å². The number of unbranched alkanes of at least 4 members (excludes halogenated alkanes) is 5. The minimum absolute atomic E-state index is 0.115. The van der Waals surface area contributed by atoms with E-state index in [4.69, 9.17) is 9.79 Å². The highest BCUT2D eigenvalue weighted by atomic mass is 31.2. The van der Waals surface area contributed by atoms with Crippen LogP contribution in [0.5, 0.6) is 0 Å². The van der Waals surface area contributed by atoms with E-state index in [0.717, 1.165) is 32.1 Å². The second-order valence-electron chi connectivity index (χ2n) is 4.64. The van der Waals surface area contributed by atoms with Crippen LogP contribution in [0.25, 0.3) is 0 Å². The molecule has 0 aliphatic carbocycles. The highest BCUT2D eigenvalue weighted by Crippen LogP contribution is 2.69. The van der Waals surface area contributed by atoms with Crippen LogP contribution in [0.4, 0.5) is 0 Å². The molecule has 0 bridgehead atoms. The Balaban J connectivity index is 4.12. The molecule has 0 heterocycles. The van der Waals surface area contributed by atoms with Crippen LogP contribution in [0.15, 0.2) is 0 Å². The lowest BCUT2D eigenvalue weighted by atomic mass is 10.1. The molecule has 0 aliphatic heterocycles. The summed E-state index contributed by atoms with van der Waals surface area (Å²) in [6.07, 6.45) is 5.61. The van der Waals surface area contributed by atoms with Gasteiger partial charge in [0.25, 0.3) is 5.08 Å². The van der Waals surface area contributed by atoms with Crippen LogP contribution in [0.2, 0.25) is 0 Å². The van der Waals surface area contributed by atoms with Crippen molar-refractivity contribution in [1.82, 2.24) is 0 Å². The molecule has 0 rings (SSSR count). The molecule has 0 aromatic rings. The minimum Gasteiger partial charge on any atom is -0.368 e. The third-order valence-electron chi connectivity index (χ3n) is 2.85. The summed E-state index contributed by atoms with van der Waals surface area (Å²) in [6.45, 7) is 2.58. The maximum absolute atomic E-state index is 11.6. The number of rotatable bonds is 10. The van der Waals surface area contributed by atoms with Gasteiger partial charge in [-0.3, -0.25) is 9.13 Å². The van der Waals surface area contributed by atoms with Crippen LogP contribution in [0, 0.1) is 0 Å². The first-order valence-corrected chi connectivity index (χ1v) is 9.50. The van der Waals surface area contributed by atoms with Crippen LogP contribution in [0.1, 0.15) is 52.4 Å². The van der Waals surface area contributed by atoms with Crippen LogP contribution in [-0.2, 0) is 13.7 Å². The Morgan fingerprint density at radius 1 is 1.00 bits per heavy atom. The quantitative estimate of drug-likeness (QED) is 0.360. The number of aliphatic hydroxyl groups is 1. The van der Waals surface area contributed by atoms with Crippen molar-refractivity contribution in [2.75, 3.05) is 6.61 Å². The van der Waals surface area contributed by atoms with Gasteiger partial charge in [0.1, 0.15) is 0 Å². The first kappa shape index (κ1) is 19.3. The first-order valence-electron chi connectivity index (χ1n) is 6.31. The summed E-state index contributed by atoms with van der Waals surface area (Å²) in [5, 5.41) is 6.38. The predicted molar refractivity (Wildman–Crippen MR) is 71.8 cm³/mol. The molecule has 0 aromatic heterocycles. The molecule has 0 fully saturated rings. The van der Waals surface area contributed by atoms with Crippen LogP contribution in [0.3, 0.4) is 0 Å². The summed E-state index contributed by atoms with van der Waals surface area (Å²) >= 11 is 0. The van der Waals surface area contributed by atoms with Crippen molar-refractivity contribution in [1.29, 1.82) is 0 Å². The molecule has 4 N–H and O–H groups in total. The molecular weight excluding hydrogens is 294 g/mol. The van der Waals surface area contributed by atoms with Crippen LogP contribution in [-0.4, -0.2) is 31.5 Å². The largest absolute Gasteiger partial charge is 0.371 e. The van der Waals surface area contributed by atoms with Gasteiger partial charge in [0.15, 0.2) is 0 Å². The van der Waals surface area contributed by atoms with Gasteiger partial charge in [-0.2, -0.15) is 0 Å². The lowest BCUT2D eigenvalue weighted by Crippen LogP contribution is -2.25. The average Bonchev–Trinajstić information content (AvgIpc) is 2.26. The van der Waals surface area contributed by atoms with Crippen molar-refractivity contribution >= 4 is 15.2 Å². The van der Waals surface area contributed by atoms with Crippen molar-refractivity contribution in [2.45, 2.75) is 57.5 Å². The van der Waals surface area contributed by atoms with Crippen molar-refractivity contribution in [3.05, 3.63) is 0 Å². The van der Waals surface area contributed by atoms with Gasteiger partial charge in [-0.15, -0.1) is 0 Å². The molecular formula is C10H24O7P2. The third-order valence-corrected chi connectivity index (χ3v) is 7.10. The van der Waals surface area contributed by atoms with Crippen molar-refractivity contribution in [3.63, 3.8) is 0 Å². The molecule has 116 valence electrons. The van der Waals surface area contributed by atoms with Crippen molar-refractivity contribution in [2.24, 2.45) is 0 Å². The van der Waals surface area contributed by atoms with Crippen LogP contribution >= 0.6 is 15.2 Å². The molecule has 0 saturated heterocycles. The van der Waals surface area contributed by atoms with E-state index in [-0.39, 0.29) is 6.61 Å². The zero-order chi connectivity index (χ0) is 15.2. The fourth-order valence-corrected chi connectivity index (χ4v) is 3.47. The lowest BCUT2D eigenvalue weighted by Gasteiger charge is -2.28. The average molecular weight is 318 g/mol. The standard InChI is InChI=1S/C10H24O7P2/c1-3-4-5-6-7-8-9-17-19(15,16)10(2,11)18(12,13)14/h11H,3-9H2,1-2H3,(H,15,16)(H2,12,13,14). The fourth-order valence-electron chi connectivity index (χ4n) is 1.36. The summed E-state index contributed by atoms with van der Waals surface area (Å²) in [6, 6.07) is 0. The summed E-state index contributed by atoms with van der Waals surface area (Å²) in [4.78, 5) is 27.1. The SMILES string of the molecule is CCCCCCCCOP(=O)(O)C(C)(O)P(=O)(O)O. The predicted octanol–water partition coefficient (Wildman–Crippen LogP) is 2.39. The molecule has 2 atom stereocenters. The van der Waals surface area contributed by atoms with Gasteiger partial charge in [-0.05, 0) is 13.3 Å². The van der Waals surface area contributed by atoms with Gasteiger partial charge in [-0.25, -0.2) is 0 Å². The molecule has 0 aromatic carbocycles. The zero-order valence-corrected chi connectivity index (χ0v) is 13.1. The third kappa shape index (κ3) is 6.05. The summed E-state index contributed by atoms with van der Waals surface area (Å²) in [7, 11) is -9.93. The highest BCUT2D eigenvalue weighted by Gasteiger charge is 2.56. The lowest BCUT2D eigenvalue weighted by molar-refractivity contribution is 0.127. The molecule has 0 saturated carbocycles. The van der Waals surface area contributed by atoms with Gasteiger partial charge >= 0.3 is 15.2 Å². The Hall–Kier alpha value is 0.260. The van der Waals surface area contributed by atoms with Gasteiger partial charge in [0.2, 0.25) is 0 Å². The van der Waals surface area contributed by atoms with Gasteiger partial charge in [0.05, 0.1) is 6.61 Å². The fraction of sp³-hybridized carbons (Fsp3) is 1.00. The monoisotopic (exact) mass is 318 g/mol. The van der Waals surface area contributed by atoms with Crippen molar-refractivity contribution < 1.29 is 33.4 Å². The molecule has 7 nitrogen and oxygen atoms in total. The summed E-state index contributed by atoms with van der Waals surface area (Å²) < 4.78 is 27.1. The second-order valence-corrected chi connectivity index (χ2v) is 9.12. The summed E-state index contributed by atoms with van der Waals surface area (Å²) in [5.41, 5.74) is 0. The maximum atomic E-state index is 11.6. The molecule has 0 aliphatic rings. The van der Waals surface area contributed by atoms with E-state index in [1.807, 2.05) is 0 Å². The Morgan fingerprint density at radius 3 is 1.95 bits per heavy atom. The smallest absolute Gasteiger partial charge is 0.368 e. The van der Waals surface area contributed by atoms with E-state index in [9.17, 15) is 19.1 Å². The molecule has 0 radical (unpaired) electrons. The van der Waals surface area contributed by atoms with E-state index in [2.05, 4.69) is 11.4 Å². The molecule has 19 heavy (non-hydrogen) atoms. The second kappa shape index (κ2) is 7.89. The van der Waals surface area contributed by atoms with E-state index >= 15 is 0 Å². The Morgan fingerprint density at radius 2 is 1.47 bits per heavy atom. The summed E-state index contributed by atoms with van der Waals surface area (Å²) in [5.74, 6) is 0. The Bertz CT molecular complexity index is 350. The van der Waals surface area contributed by atoms with E-state index in [0.29, 0.717) is 13.3 Å². The number of hydrogen-bond donors (Lipinski definition) is 4. The highest BCUT2D eigenvalue weighted by molar-refractivity contribution is 7.72. The van der Waals surface area contributed by atoms with E-state index in [1.165, 1.54) is 0 Å². The normalized spacial score (nSPS) is 18.8. The zero-order valence-electron chi connectivity index (χ0n) is 11.4. The molecule has 0 spiro atoms.